The second-order valence-electron chi connectivity index (χ2n) is 4.24. The normalized spacial score (nSPS) is 15.4. The van der Waals surface area contributed by atoms with E-state index in [0.717, 1.165) is 29.6 Å². The van der Waals surface area contributed by atoms with E-state index in [0.29, 0.717) is 5.92 Å². The highest BCUT2D eigenvalue weighted by Crippen LogP contribution is 2.38. The standard InChI is InChI=1S/C11H15N5S/c1-17-7-6-12-9-4-5-10-13-14-11(8-2-3-8)16(10)15-9/h4-5,8H,2-3,6-7H2,1H3,(H,12,15). The van der Waals surface area contributed by atoms with Crippen molar-refractivity contribution in [1.29, 1.82) is 0 Å². The van der Waals surface area contributed by atoms with E-state index in [4.69, 9.17) is 0 Å². The molecule has 2 aromatic heterocycles. The van der Waals surface area contributed by atoms with Gasteiger partial charge >= 0.3 is 0 Å². The van der Waals surface area contributed by atoms with E-state index in [9.17, 15) is 0 Å². The van der Waals surface area contributed by atoms with Gasteiger partial charge in [-0.2, -0.15) is 16.3 Å². The molecule has 6 heteroatoms. The molecule has 0 bridgehead atoms. The van der Waals surface area contributed by atoms with Gasteiger partial charge < -0.3 is 5.32 Å². The lowest BCUT2D eigenvalue weighted by molar-refractivity contribution is 0.815. The SMILES string of the molecule is CSCCNc1ccc2nnc(C3CC3)n2n1. The Kier molecular flexibility index (Phi) is 2.88. The van der Waals surface area contributed by atoms with Gasteiger partial charge in [0.15, 0.2) is 11.5 Å². The molecule has 3 rings (SSSR count). The summed E-state index contributed by atoms with van der Waals surface area (Å²) in [6.07, 6.45) is 4.53. The Balaban J connectivity index is 1.85. The molecule has 0 unspecified atom stereocenters. The summed E-state index contributed by atoms with van der Waals surface area (Å²) in [6.45, 7) is 0.931. The molecule has 0 radical (unpaired) electrons. The molecule has 0 saturated heterocycles. The molecule has 90 valence electrons. The van der Waals surface area contributed by atoms with Crippen molar-refractivity contribution in [2.45, 2.75) is 18.8 Å². The van der Waals surface area contributed by atoms with Gasteiger partial charge in [0, 0.05) is 18.2 Å². The highest BCUT2D eigenvalue weighted by Gasteiger charge is 2.29. The van der Waals surface area contributed by atoms with Crippen LogP contribution in [0.5, 0.6) is 0 Å². The third-order valence-corrected chi connectivity index (χ3v) is 3.45. The molecule has 2 aromatic rings. The minimum Gasteiger partial charge on any atom is -0.368 e. The van der Waals surface area contributed by atoms with Gasteiger partial charge in [0.05, 0.1) is 0 Å². The fourth-order valence-electron chi connectivity index (χ4n) is 1.78. The van der Waals surface area contributed by atoms with Gasteiger partial charge in [-0.1, -0.05) is 0 Å². The van der Waals surface area contributed by atoms with Crippen LogP contribution in [0.2, 0.25) is 0 Å². The van der Waals surface area contributed by atoms with Gasteiger partial charge in [-0.3, -0.25) is 0 Å². The van der Waals surface area contributed by atoms with Crippen LogP contribution in [0, 0.1) is 0 Å². The van der Waals surface area contributed by atoms with Crippen molar-refractivity contribution >= 4 is 23.2 Å². The lowest BCUT2D eigenvalue weighted by Crippen LogP contribution is -2.08. The number of hydrogen-bond acceptors (Lipinski definition) is 5. The third-order valence-electron chi connectivity index (χ3n) is 2.84. The van der Waals surface area contributed by atoms with Crippen LogP contribution in [-0.2, 0) is 0 Å². The van der Waals surface area contributed by atoms with E-state index in [-0.39, 0.29) is 0 Å². The quantitative estimate of drug-likeness (QED) is 0.819. The first-order valence-corrected chi connectivity index (χ1v) is 7.23. The Bertz CT molecular complexity index is 520. The molecular formula is C11H15N5S. The number of nitrogens with one attached hydrogen (secondary N) is 1. The van der Waals surface area contributed by atoms with Crippen LogP contribution < -0.4 is 5.32 Å². The van der Waals surface area contributed by atoms with Crippen LogP contribution in [0.1, 0.15) is 24.6 Å². The second kappa shape index (κ2) is 4.52. The Morgan fingerprint density at radius 3 is 3.06 bits per heavy atom. The van der Waals surface area contributed by atoms with Crippen LogP contribution in [0.3, 0.4) is 0 Å². The summed E-state index contributed by atoms with van der Waals surface area (Å²) in [6, 6.07) is 3.92. The first kappa shape index (κ1) is 10.8. The number of anilines is 1. The highest BCUT2D eigenvalue weighted by molar-refractivity contribution is 7.98. The largest absolute Gasteiger partial charge is 0.368 e. The highest BCUT2D eigenvalue weighted by atomic mass is 32.2. The number of fused-ring (bicyclic) bond motifs is 1. The van der Waals surface area contributed by atoms with Crippen molar-refractivity contribution in [3.05, 3.63) is 18.0 Å². The summed E-state index contributed by atoms with van der Waals surface area (Å²) in [5.74, 6) is 3.55. The average molecular weight is 249 g/mol. The molecule has 1 N–H and O–H groups in total. The lowest BCUT2D eigenvalue weighted by atomic mass is 10.4. The zero-order chi connectivity index (χ0) is 11.7. The van der Waals surface area contributed by atoms with Crippen molar-refractivity contribution < 1.29 is 0 Å². The van der Waals surface area contributed by atoms with E-state index < -0.39 is 0 Å². The van der Waals surface area contributed by atoms with Crippen molar-refractivity contribution in [2.75, 3.05) is 23.9 Å². The second-order valence-corrected chi connectivity index (χ2v) is 5.23. The first-order chi connectivity index (χ1) is 8.38. The molecule has 0 spiro atoms. The first-order valence-electron chi connectivity index (χ1n) is 5.83. The number of thioether (sulfide) groups is 1. The lowest BCUT2D eigenvalue weighted by Gasteiger charge is -2.04. The van der Waals surface area contributed by atoms with Gasteiger partial charge in [-0.25, -0.2) is 0 Å². The van der Waals surface area contributed by atoms with E-state index >= 15 is 0 Å². The zero-order valence-corrected chi connectivity index (χ0v) is 10.6. The molecule has 0 amide bonds. The van der Waals surface area contributed by atoms with Crippen LogP contribution in [0.15, 0.2) is 12.1 Å². The maximum atomic E-state index is 4.54. The fourth-order valence-corrected chi connectivity index (χ4v) is 2.08. The van der Waals surface area contributed by atoms with Gasteiger partial charge in [0.25, 0.3) is 0 Å². The molecule has 17 heavy (non-hydrogen) atoms. The molecule has 1 saturated carbocycles. The van der Waals surface area contributed by atoms with Crippen molar-refractivity contribution in [1.82, 2.24) is 19.8 Å². The molecule has 0 atom stereocenters. The topological polar surface area (TPSA) is 55.1 Å². The smallest absolute Gasteiger partial charge is 0.178 e. The minimum absolute atomic E-state index is 0.568. The van der Waals surface area contributed by atoms with Gasteiger partial charge in [-0.15, -0.1) is 15.3 Å². The predicted molar refractivity (Wildman–Crippen MR) is 69.6 cm³/mol. The van der Waals surface area contributed by atoms with E-state index in [1.165, 1.54) is 12.8 Å². The maximum Gasteiger partial charge on any atom is 0.178 e. The van der Waals surface area contributed by atoms with Crippen LogP contribution in [0.4, 0.5) is 5.82 Å². The van der Waals surface area contributed by atoms with Crippen LogP contribution in [0.25, 0.3) is 5.65 Å². The number of rotatable bonds is 5. The third kappa shape index (κ3) is 2.22. The predicted octanol–water partition coefficient (Wildman–Crippen LogP) is 1.78. The minimum atomic E-state index is 0.568. The van der Waals surface area contributed by atoms with Gasteiger partial charge in [-0.05, 0) is 31.2 Å². The molecule has 1 aliphatic rings. The van der Waals surface area contributed by atoms with E-state index in [1.54, 1.807) is 0 Å². The van der Waals surface area contributed by atoms with E-state index in [1.807, 2.05) is 28.4 Å². The molecule has 5 nitrogen and oxygen atoms in total. The summed E-state index contributed by atoms with van der Waals surface area (Å²) in [5.41, 5.74) is 0.835. The Morgan fingerprint density at radius 2 is 2.29 bits per heavy atom. The summed E-state index contributed by atoms with van der Waals surface area (Å²) >= 11 is 1.82. The Morgan fingerprint density at radius 1 is 1.41 bits per heavy atom. The zero-order valence-electron chi connectivity index (χ0n) is 9.76. The fraction of sp³-hybridized carbons (Fsp3) is 0.545. The van der Waals surface area contributed by atoms with Crippen molar-refractivity contribution in [3.8, 4) is 0 Å². The average Bonchev–Trinajstić information content (AvgIpc) is 3.10. The van der Waals surface area contributed by atoms with Crippen molar-refractivity contribution in [3.63, 3.8) is 0 Å². The van der Waals surface area contributed by atoms with Gasteiger partial charge in [0.2, 0.25) is 0 Å². The summed E-state index contributed by atoms with van der Waals surface area (Å²) < 4.78 is 1.87. The monoisotopic (exact) mass is 249 g/mol. The summed E-state index contributed by atoms with van der Waals surface area (Å²) in [4.78, 5) is 0. The molecule has 1 aliphatic carbocycles. The molecule has 1 fully saturated rings. The maximum absolute atomic E-state index is 4.54. The van der Waals surface area contributed by atoms with Crippen molar-refractivity contribution in [2.24, 2.45) is 0 Å². The summed E-state index contributed by atoms with van der Waals surface area (Å²) in [5, 5.41) is 16.2. The Hall–Kier alpha value is -1.30. The molecule has 2 heterocycles. The number of nitrogens with zero attached hydrogens (tertiary/aromatic N) is 4. The van der Waals surface area contributed by atoms with Crippen LogP contribution in [-0.4, -0.2) is 38.4 Å². The van der Waals surface area contributed by atoms with E-state index in [2.05, 4.69) is 26.9 Å². The Labute approximate surface area is 104 Å². The van der Waals surface area contributed by atoms with Gasteiger partial charge in [0.1, 0.15) is 5.82 Å². The number of aromatic nitrogens is 4. The number of hydrogen-bond donors (Lipinski definition) is 1. The molecule has 0 aromatic carbocycles. The molecule has 0 aliphatic heterocycles. The van der Waals surface area contributed by atoms with Crippen LogP contribution >= 0.6 is 11.8 Å². The summed E-state index contributed by atoms with van der Waals surface area (Å²) in [7, 11) is 0. The molecular weight excluding hydrogens is 234 g/mol.